The molecule has 0 N–H and O–H groups in total. The lowest BCUT2D eigenvalue weighted by Crippen LogP contribution is -2.15. The van der Waals surface area contributed by atoms with Crippen molar-refractivity contribution in [2.24, 2.45) is 5.92 Å². The van der Waals surface area contributed by atoms with E-state index in [2.05, 4.69) is 4.98 Å². The molecule has 1 aromatic rings. The van der Waals surface area contributed by atoms with E-state index in [1.54, 1.807) is 19.5 Å². The van der Waals surface area contributed by atoms with Gasteiger partial charge in [-0.25, -0.2) is 0 Å². The molecule has 0 aromatic carbocycles. The zero-order valence-corrected chi connectivity index (χ0v) is 9.27. The third-order valence-corrected chi connectivity index (χ3v) is 2.41. The van der Waals surface area contributed by atoms with Crippen LogP contribution in [0.2, 0.25) is 0 Å². The van der Waals surface area contributed by atoms with Crippen molar-refractivity contribution in [2.45, 2.75) is 19.8 Å². The van der Waals surface area contributed by atoms with Crippen LogP contribution in [0.1, 0.15) is 18.9 Å². The van der Waals surface area contributed by atoms with Crippen molar-refractivity contribution in [1.82, 2.24) is 4.98 Å². The highest BCUT2D eigenvalue weighted by molar-refractivity contribution is 5.82. The zero-order chi connectivity index (χ0) is 11.1. The Morgan fingerprint density at radius 1 is 1.60 bits per heavy atom. The molecule has 0 saturated carbocycles. The molecular weight excluding hydrogens is 190 g/mol. The molecule has 0 saturated heterocycles. The Balaban J connectivity index is 2.42. The Labute approximate surface area is 90.5 Å². The molecule has 3 heteroatoms. The van der Waals surface area contributed by atoms with Crippen molar-refractivity contribution in [3.63, 3.8) is 0 Å². The largest absolute Gasteiger partial charge is 0.385 e. The van der Waals surface area contributed by atoms with E-state index in [9.17, 15) is 4.79 Å². The molecular formula is C12H17NO2. The van der Waals surface area contributed by atoms with Gasteiger partial charge in [-0.05, 0) is 18.1 Å². The second-order valence-corrected chi connectivity index (χ2v) is 3.69. The van der Waals surface area contributed by atoms with E-state index in [4.69, 9.17) is 4.74 Å². The number of rotatable bonds is 6. The second-order valence-electron chi connectivity index (χ2n) is 3.69. The maximum atomic E-state index is 11.7. The van der Waals surface area contributed by atoms with Gasteiger partial charge in [0.05, 0.1) is 0 Å². The number of nitrogens with zero attached hydrogens (tertiary/aromatic N) is 1. The first-order chi connectivity index (χ1) is 7.24. The van der Waals surface area contributed by atoms with Crippen LogP contribution in [-0.2, 0) is 16.0 Å². The maximum absolute atomic E-state index is 11.7. The molecule has 0 fully saturated rings. The lowest BCUT2D eigenvalue weighted by Gasteiger charge is -2.09. The molecule has 1 aromatic heterocycles. The van der Waals surface area contributed by atoms with Crippen molar-refractivity contribution in [1.29, 1.82) is 0 Å². The predicted molar refractivity (Wildman–Crippen MR) is 58.6 cm³/mol. The minimum atomic E-state index is 0.0603. The van der Waals surface area contributed by atoms with Gasteiger partial charge in [-0.3, -0.25) is 9.78 Å². The summed E-state index contributed by atoms with van der Waals surface area (Å²) in [6.07, 6.45) is 4.71. The lowest BCUT2D eigenvalue weighted by molar-refractivity contribution is -0.122. The van der Waals surface area contributed by atoms with Gasteiger partial charge >= 0.3 is 0 Å². The number of carbonyl (C=O) groups excluding carboxylic acids is 1. The Morgan fingerprint density at radius 2 is 2.40 bits per heavy atom. The van der Waals surface area contributed by atoms with E-state index in [1.165, 1.54) is 0 Å². The number of pyridine rings is 1. The number of carbonyl (C=O) groups is 1. The van der Waals surface area contributed by atoms with Crippen LogP contribution in [0.5, 0.6) is 0 Å². The first-order valence-electron chi connectivity index (χ1n) is 5.14. The molecule has 15 heavy (non-hydrogen) atoms. The number of ketones is 1. The Morgan fingerprint density at radius 3 is 3.00 bits per heavy atom. The molecule has 1 rings (SSSR count). The number of hydrogen-bond donors (Lipinski definition) is 0. The van der Waals surface area contributed by atoms with Crippen LogP contribution in [0.15, 0.2) is 24.5 Å². The smallest absolute Gasteiger partial charge is 0.140 e. The van der Waals surface area contributed by atoms with Crippen LogP contribution in [0.3, 0.4) is 0 Å². The Kier molecular flexibility index (Phi) is 4.98. The first-order valence-corrected chi connectivity index (χ1v) is 5.14. The number of aromatic nitrogens is 1. The van der Waals surface area contributed by atoms with E-state index >= 15 is 0 Å². The summed E-state index contributed by atoms with van der Waals surface area (Å²) >= 11 is 0. The summed E-state index contributed by atoms with van der Waals surface area (Å²) in [6.45, 7) is 2.58. The number of hydrogen-bond acceptors (Lipinski definition) is 3. The number of ether oxygens (including phenoxy) is 1. The summed E-state index contributed by atoms with van der Waals surface area (Å²) < 4.78 is 4.95. The summed E-state index contributed by atoms with van der Waals surface area (Å²) in [4.78, 5) is 15.7. The van der Waals surface area contributed by atoms with Crippen LogP contribution >= 0.6 is 0 Å². The van der Waals surface area contributed by atoms with Crippen LogP contribution < -0.4 is 0 Å². The quantitative estimate of drug-likeness (QED) is 0.714. The molecule has 0 aliphatic carbocycles. The normalized spacial score (nSPS) is 12.4. The fourth-order valence-corrected chi connectivity index (χ4v) is 1.33. The van der Waals surface area contributed by atoms with Crippen molar-refractivity contribution in [3.05, 3.63) is 30.1 Å². The zero-order valence-electron chi connectivity index (χ0n) is 9.27. The second kappa shape index (κ2) is 6.30. The summed E-state index contributed by atoms with van der Waals surface area (Å²) in [6, 6.07) is 3.77. The van der Waals surface area contributed by atoms with E-state index in [0.717, 1.165) is 12.0 Å². The van der Waals surface area contributed by atoms with Crippen molar-refractivity contribution in [2.75, 3.05) is 13.7 Å². The van der Waals surface area contributed by atoms with E-state index < -0.39 is 0 Å². The monoisotopic (exact) mass is 207 g/mol. The van der Waals surface area contributed by atoms with Gasteiger partial charge in [0.15, 0.2) is 0 Å². The standard InChI is InChI=1S/C12H17NO2/c1-10(5-7-15-2)12(14)8-11-4-3-6-13-9-11/h3-4,6,9-10H,5,7-8H2,1-2H3. The molecule has 1 heterocycles. The summed E-state index contributed by atoms with van der Waals surface area (Å²) in [5, 5.41) is 0. The summed E-state index contributed by atoms with van der Waals surface area (Å²) in [7, 11) is 1.65. The highest BCUT2D eigenvalue weighted by Crippen LogP contribution is 2.08. The maximum Gasteiger partial charge on any atom is 0.140 e. The van der Waals surface area contributed by atoms with E-state index in [1.807, 2.05) is 19.1 Å². The SMILES string of the molecule is COCCC(C)C(=O)Cc1cccnc1. The minimum absolute atomic E-state index is 0.0603. The molecule has 3 nitrogen and oxygen atoms in total. The van der Waals surface area contributed by atoms with Gasteiger partial charge in [0, 0.05) is 38.4 Å². The molecule has 0 bridgehead atoms. The molecule has 1 unspecified atom stereocenters. The molecule has 0 radical (unpaired) electrons. The fourth-order valence-electron chi connectivity index (χ4n) is 1.33. The van der Waals surface area contributed by atoms with Gasteiger partial charge in [0.2, 0.25) is 0 Å². The Hall–Kier alpha value is -1.22. The number of Topliss-reactive ketones (excluding diaryl/α,β-unsaturated/α-hetero) is 1. The number of methoxy groups -OCH3 is 1. The lowest BCUT2D eigenvalue weighted by atomic mass is 9.98. The molecule has 0 amide bonds. The molecule has 82 valence electrons. The van der Waals surface area contributed by atoms with E-state index in [-0.39, 0.29) is 11.7 Å². The molecule has 0 aliphatic rings. The van der Waals surface area contributed by atoms with Crippen LogP contribution in [0, 0.1) is 5.92 Å². The fraction of sp³-hybridized carbons (Fsp3) is 0.500. The molecule has 1 atom stereocenters. The van der Waals surface area contributed by atoms with Gasteiger partial charge in [-0.2, -0.15) is 0 Å². The minimum Gasteiger partial charge on any atom is -0.385 e. The van der Waals surface area contributed by atoms with Crippen LogP contribution in [-0.4, -0.2) is 24.5 Å². The van der Waals surface area contributed by atoms with Gasteiger partial charge < -0.3 is 4.74 Å². The predicted octanol–water partition coefficient (Wildman–Crippen LogP) is 1.87. The van der Waals surface area contributed by atoms with Crippen molar-refractivity contribution < 1.29 is 9.53 Å². The highest BCUT2D eigenvalue weighted by Gasteiger charge is 2.12. The first kappa shape index (κ1) is 11.9. The van der Waals surface area contributed by atoms with Crippen LogP contribution in [0.25, 0.3) is 0 Å². The van der Waals surface area contributed by atoms with E-state index in [0.29, 0.717) is 13.0 Å². The highest BCUT2D eigenvalue weighted by atomic mass is 16.5. The average molecular weight is 207 g/mol. The Bertz CT molecular complexity index is 298. The summed E-state index contributed by atoms with van der Waals surface area (Å²) in [5.74, 6) is 0.310. The van der Waals surface area contributed by atoms with Gasteiger partial charge in [-0.1, -0.05) is 13.0 Å². The molecule has 0 spiro atoms. The van der Waals surface area contributed by atoms with Crippen LogP contribution in [0.4, 0.5) is 0 Å². The molecule has 0 aliphatic heterocycles. The van der Waals surface area contributed by atoms with Crippen molar-refractivity contribution >= 4 is 5.78 Å². The third-order valence-electron chi connectivity index (χ3n) is 2.41. The topological polar surface area (TPSA) is 39.2 Å². The van der Waals surface area contributed by atoms with Gasteiger partial charge in [0.1, 0.15) is 5.78 Å². The third kappa shape index (κ3) is 4.21. The summed E-state index contributed by atoms with van der Waals surface area (Å²) in [5.41, 5.74) is 0.978. The van der Waals surface area contributed by atoms with Gasteiger partial charge in [0.25, 0.3) is 0 Å². The average Bonchev–Trinajstić information content (AvgIpc) is 2.27. The van der Waals surface area contributed by atoms with Gasteiger partial charge in [-0.15, -0.1) is 0 Å². The van der Waals surface area contributed by atoms with Crippen molar-refractivity contribution in [3.8, 4) is 0 Å².